The molecule has 6 nitrogen and oxygen atoms in total. The molecule has 1 amide bonds. The van der Waals surface area contributed by atoms with Gasteiger partial charge in [0.05, 0.1) is 17.4 Å². The van der Waals surface area contributed by atoms with Crippen molar-refractivity contribution in [3.63, 3.8) is 0 Å². The summed E-state index contributed by atoms with van der Waals surface area (Å²) in [5.74, 6) is -0.372. The number of carbonyl (C=O) groups excluding carboxylic acids is 1. The SMILES string of the molecule is CN(Cc1ccc2c(c1)ncn2C)C(=O)C(O)CN. The third-order valence-electron chi connectivity index (χ3n) is 3.09. The van der Waals surface area contributed by atoms with Gasteiger partial charge in [0, 0.05) is 27.2 Å². The zero-order valence-electron chi connectivity index (χ0n) is 11.1. The first-order valence-corrected chi connectivity index (χ1v) is 6.06. The summed E-state index contributed by atoms with van der Waals surface area (Å²) in [5, 5.41) is 9.42. The summed E-state index contributed by atoms with van der Waals surface area (Å²) < 4.78 is 1.94. The second-order valence-corrected chi connectivity index (χ2v) is 4.62. The van der Waals surface area contributed by atoms with Crippen molar-refractivity contribution in [2.75, 3.05) is 13.6 Å². The summed E-state index contributed by atoms with van der Waals surface area (Å²) in [5.41, 5.74) is 8.17. The lowest BCUT2D eigenvalue weighted by Crippen LogP contribution is -2.40. The van der Waals surface area contributed by atoms with Crippen molar-refractivity contribution in [2.45, 2.75) is 12.6 Å². The van der Waals surface area contributed by atoms with E-state index in [4.69, 9.17) is 5.73 Å². The number of hydrogen-bond acceptors (Lipinski definition) is 4. The van der Waals surface area contributed by atoms with Crippen molar-refractivity contribution in [3.8, 4) is 0 Å². The van der Waals surface area contributed by atoms with Crippen LogP contribution in [0, 0.1) is 0 Å². The van der Waals surface area contributed by atoms with E-state index in [2.05, 4.69) is 4.98 Å². The fourth-order valence-electron chi connectivity index (χ4n) is 1.99. The Balaban J connectivity index is 2.15. The molecule has 1 aromatic heterocycles. The van der Waals surface area contributed by atoms with Gasteiger partial charge in [0.2, 0.25) is 0 Å². The molecule has 1 aromatic carbocycles. The highest BCUT2D eigenvalue weighted by Gasteiger charge is 2.17. The minimum absolute atomic E-state index is 0.0670. The quantitative estimate of drug-likeness (QED) is 0.802. The molecular weight excluding hydrogens is 244 g/mol. The molecule has 0 saturated carbocycles. The van der Waals surface area contributed by atoms with E-state index in [1.54, 1.807) is 13.4 Å². The number of benzene rings is 1. The van der Waals surface area contributed by atoms with Gasteiger partial charge < -0.3 is 20.3 Å². The summed E-state index contributed by atoms with van der Waals surface area (Å²) in [6.07, 6.45) is 0.616. The van der Waals surface area contributed by atoms with E-state index in [-0.39, 0.29) is 12.5 Å². The standard InChI is InChI=1S/C13H18N4O2/c1-16(13(19)12(18)6-14)7-9-3-4-11-10(5-9)15-8-17(11)2/h3-5,8,12,18H,6-7,14H2,1-2H3. The highest BCUT2D eigenvalue weighted by Crippen LogP contribution is 2.15. The van der Waals surface area contributed by atoms with Gasteiger partial charge in [-0.15, -0.1) is 0 Å². The van der Waals surface area contributed by atoms with Crippen LogP contribution in [0.2, 0.25) is 0 Å². The third-order valence-corrected chi connectivity index (χ3v) is 3.09. The number of aliphatic hydroxyl groups is 1. The van der Waals surface area contributed by atoms with E-state index in [1.165, 1.54) is 4.90 Å². The number of likely N-dealkylation sites (N-methyl/N-ethyl adjacent to an activating group) is 1. The number of nitrogens with two attached hydrogens (primary N) is 1. The molecule has 0 saturated heterocycles. The summed E-state index contributed by atoms with van der Waals surface area (Å²) in [6.45, 7) is 0.352. The lowest BCUT2D eigenvalue weighted by molar-refractivity contribution is -0.138. The molecule has 2 rings (SSSR count). The van der Waals surface area contributed by atoms with E-state index >= 15 is 0 Å². The molecular formula is C13H18N4O2. The van der Waals surface area contributed by atoms with Crippen LogP contribution in [0.5, 0.6) is 0 Å². The Kier molecular flexibility index (Phi) is 3.82. The number of carbonyl (C=O) groups is 1. The molecule has 1 atom stereocenters. The Morgan fingerprint density at radius 1 is 1.58 bits per heavy atom. The highest BCUT2D eigenvalue weighted by atomic mass is 16.3. The normalized spacial score (nSPS) is 12.6. The van der Waals surface area contributed by atoms with E-state index in [9.17, 15) is 9.90 Å². The van der Waals surface area contributed by atoms with Gasteiger partial charge >= 0.3 is 0 Å². The zero-order chi connectivity index (χ0) is 14.0. The van der Waals surface area contributed by atoms with Crippen molar-refractivity contribution < 1.29 is 9.90 Å². The van der Waals surface area contributed by atoms with Crippen molar-refractivity contribution in [1.29, 1.82) is 0 Å². The molecule has 0 aliphatic carbocycles. The first kappa shape index (κ1) is 13.5. The average Bonchev–Trinajstić information content (AvgIpc) is 2.78. The maximum absolute atomic E-state index is 11.7. The smallest absolute Gasteiger partial charge is 0.252 e. The molecule has 102 valence electrons. The van der Waals surface area contributed by atoms with Crippen molar-refractivity contribution in [1.82, 2.24) is 14.5 Å². The van der Waals surface area contributed by atoms with Gasteiger partial charge in [-0.3, -0.25) is 4.79 Å². The van der Waals surface area contributed by atoms with Gasteiger partial charge in [0.1, 0.15) is 6.10 Å². The molecule has 1 unspecified atom stereocenters. The predicted molar refractivity (Wildman–Crippen MR) is 72.2 cm³/mol. The number of aryl methyl sites for hydroxylation is 1. The maximum Gasteiger partial charge on any atom is 0.252 e. The van der Waals surface area contributed by atoms with Gasteiger partial charge in [-0.05, 0) is 17.7 Å². The van der Waals surface area contributed by atoms with Crippen molar-refractivity contribution in [3.05, 3.63) is 30.1 Å². The van der Waals surface area contributed by atoms with Gasteiger partial charge in [-0.2, -0.15) is 0 Å². The van der Waals surface area contributed by atoms with Crippen LogP contribution in [0.1, 0.15) is 5.56 Å². The average molecular weight is 262 g/mol. The fraction of sp³-hybridized carbons (Fsp3) is 0.385. The highest BCUT2D eigenvalue weighted by molar-refractivity contribution is 5.81. The van der Waals surface area contributed by atoms with Crippen LogP contribution in [0.25, 0.3) is 11.0 Å². The van der Waals surface area contributed by atoms with Crippen molar-refractivity contribution in [2.24, 2.45) is 12.8 Å². The molecule has 0 fully saturated rings. The van der Waals surface area contributed by atoms with Crippen LogP contribution in [0.3, 0.4) is 0 Å². The Labute approximate surface area is 111 Å². The molecule has 19 heavy (non-hydrogen) atoms. The third kappa shape index (κ3) is 2.74. The second-order valence-electron chi connectivity index (χ2n) is 4.62. The zero-order valence-corrected chi connectivity index (χ0v) is 11.1. The van der Waals surface area contributed by atoms with Crippen LogP contribution in [0.15, 0.2) is 24.5 Å². The number of rotatable bonds is 4. The van der Waals surface area contributed by atoms with Gasteiger partial charge in [-0.1, -0.05) is 6.07 Å². The topological polar surface area (TPSA) is 84.4 Å². The van der Waals surface area contributed by atoms with Crippen LogP contribution in [0.4, 0.5) is 0 Å². The van der Waals surface area contributed by atoms with E-state index < -0.39 is 6.10 Å². The summed E-state index contributed by atoms with van der Waals surface area (Å²) in [6, 6.07) is 5.85. The van der Waals surface area contributed by atoms with Gasteiger partial charge in [-0.25, -0.2) is 4.98 Å². The van der Waals surface area contributed by atoms with Crippen LogP contribution >= 0.6 is 0 Å². The van der Waals surface area contributed by atoms with Crippen molar-refractivity contribution >= 4 is 16.9 Å². The molecule has 1 heterocycles. The number of aliphatic hydroxyl groups excluding tert-OH is 1. The van der Waals surface area contributed by atoms with E-state index in [0.29, 0.717) is 6.54 Å². The summed E-state index contributed by atoms with van der Waals surface area (Å²) in [7, 11) is 3.58. The minimum atomic E-state index is -1.14. The number of amides is 1. The Hall–Kier alpha value is -1.92. The summed E-state index contributed by atoms with van der Waals surface area (Å²) in [4.78, 5) is 17.5. The largest absolute Gasteiger partial charge is 0.382 e. The monoisotopic (exact) mass is 262 g/mol. The fourth-order valence-corrected chi connectivity index (χ4v) is 1.99. The van der Waals surface area contributed by atoms with E-state index in [1.807, 2.05) is 29.8 Å². The number of aromatic nitrogens is 2. The molecule has 0 spiro atoms. The van der Waals surface area contributed by atoms with Gasteiger partial charge in [0.15, 0.2) is 0 Å². The number of imidazole rings is 1. The molecule has 2 aromatic rings. The Morgan fingerprint density at radius 2 is 2.32 bits per heavy atom. The van der Waals surface area contributed by atoms with E-state index in [0.717, 1.165) is 16.6 Å². The lowest BCUT2D eigenvalue weighted by Gasteiger charge is -2.19. The number of fused-ring (bicyclic) bond motifs is 1. The molecule has 6 heteroatoms. The maximum atomic E-state index is 11.7. The molecule has 0 bridgehead atoms. The lowest BCUT2D eigenvalue weighted by atomic mass is 10.2. The molecule has 0 radical (unpaired) electrons. The van der Waals surface area contributed by atoms with Crippen LogP contribution in [-0.2, 0) is 18.4 Å². The van der Waals surface area contributed by atoms with Crippen LogP contribution in [-0.4, -0.2) is 45.2 Å². The number of hydrogen-bond donors (Lipinski definition) is 2. The molecule has 3 N–H and O–H groups in total. The number of nitrogens with zero attached hydrogens (tertiary/aromatic N) is 3. The Bertz CT molecular complexity index is 593. The second kappa shape index (κ2) is 5.38. The Morgan fingerprint density at radius 3 is 3.00 bits per heavy atom. The first-order chi connectivity index (χ1) is 9.02. The predicted octanol–water partition coefficient (Wildman–Crippen LogP) is -0.149. The molecule has 0 aliphatic heterocycles. The van der Waals surface area contributed by atoms with Crippen LogP contribution < -0.4 is 5.73 Å². The van der Waals surface area contributed by atoms with Gasteiger partial charge in [0.25, 0.3) is 5.91 Å². The minimum Gasteiger partial charge on any atom is -0.382 e. The first-order valence-electron chi connectivity index (χ1n) is 6.06. The molecule has 0 aliphatic rings. The summed E-state index contributed by atoms with van der Waals surface area (Å²) >= 11 is 0.